The molecule has 0 aromatic rings. The Hall–Kier alpha value is -1.44. The van der Waals surface area contributed by atoms with E-state index in [2.05, 4.69) is 6.58 Å². The SMILES string of the molecule is C=C1C(=O)O[C@@H]2C[C@@H](C)[C@@H]3[C@@H](OC(C)=O)[C@H](O)O[C@@H](OCC)[C@@]3(C)C[C@@H]12. The smallest absolute Gasteiger partial charge is 0.334 e. The van der Waals surface area contributed by atoms with E-state index in [0.29, 0.717) is 25.0 Å². The Morgan fingerprint density at radius 1 is 1.46 bits per heavy atom. The van der Waals surface area contributed by atoms with Crippen LogP contribution >= 0.6 is 0 Å². The van der Waals surface area contributed by atoms with Crippen LogP contribution in [-0.4, -0.2) is 48.4 Å². The van der Waals surface area contributed by atoms with Gasteiger partial charge in [-0.25, -0.2) is 4.79 Å². The molecule has 0 aromatic heterocycles. The number of rotatable bonds is 3. The Morgan fingerprint density at radius 3 is 2.77 bits per heavy atom. The minimum Gasteiger partial charge on any atom is -0.458 e. The van der Waals surface area contributed by atoms with Crippen molar-refractivity contribution in [2.45, 2.75) is 65.3 Å². The highest BCUT2D eigenvalue weighted by Crippen LogP contribution is 2.56. The molecule has 2 saturated heterocycles. The molecule has 7 heteroatoms. The van der Waals surface area contributed by atoms with Gasteiger partial charge in [-0.1, -0.05) is 20.4 Å². The van der Waals surface area contributed by atoms with Crippen molar-refractivity contribution in [3.05, 3.63) is 12.2 Å². The van der Waals surface area contributed by atoms with Gasteiger partial charge < -0.3 is 24.1 Å². The quantitative estimate of drug-likeness (QED) is 0.600. The van der Waals surface area contributed by atoms with E-state index in [1.165, 1.54) is 6.92 Å². The van der Waals surface area contributed by atoms with Crippen LogP contribution in [0.25, 0.3) is 0 Å². The van der Waals surface area contributed by atoms with E-state index in [9.17, 15) is 14.7 Å². The first-order chi connectivity index (χ1) is 12.2. The fourth-order valence-corrected chi connectivity index (χ4v) is 5.10. The van der Waals surface area contributed by atoms with E-state index >= 15 is 0 Å². The molecule has 0 unspecified atom stereocenters. The lowest BCUT2D eigenvalue weighted by Crippen LogP contribution is -2.60. The van der Waals surface area contributed by atoms with E-state index in [1.807, 2.05) is 20.8 Å². The zero-order chi connectivity index (χ0) is 19.2. The van der Waals surface area contributed by atoms with Gasteiger partial charge in [0.15, 0.2) is 18.7 Å². The van der Waals surface area contributed by atoms with Crippen molar-refractivity contribution in [3.8, 4) is 0 Å². The third kappa shape index (κ3) is 3.06. The molecule has 2 heterocycles. The molecule has 3 fully saturated rings. The zero-order valence-electron chi connectivity index (χ0n) is 15.8. The van der Waals surface area contributed by atoms with E-state index in [-0.39, 0.29) is 29.8 Å². The van der Waals surface area contributed by atoms with Crippen molar-refractivity contribution < 1.29 is 33.6 Å². The predicted molar refractivity (Wildman–Crippen MR) is 90.6 cm³/mol. The highest BCUT2D eigenvalue weighted by molar-refractivity contribution is 5.90. The van der Waals surface area contributed by atoms with Gasteiger partial charge in [0.2, 0.25) is 0 Å². The van der Waals surface area contributed by atoms with Gasteiger partial charge in [0.1, 0.15) is 6.10 Å². The molecule has 2 aliphatic heterocycles. The van der Waals surface area contributed by atoms with Crippen LogP contribution in [0.3, 0.4) is 0 Å². The average Bonchev–Trinajstić information content (AvgIpc) is 2.73. The van der Waals surface area contributed by atoms with Crippen LogP contribution in [0.5, 0.6) is 0 Å². The lowest BCUT2D eigenvalue weighted by atomic mass is 9.64. The molecule has 0 amide bonds. The highest BCUT2D eigenvalue weighted by Gasteiger charge is 2.61. The van der Waals surface area contributed by atoms with Gasteiger partial charge in [-0.3, -0.25) is 4.79 Å². The topological polar surface area (TPSA) is 91.3 Å². The minimum absolute atomic E-state index is 0.0135. The molecule has 0 spiro atoms. The maximum absolute atomic E-state index is 12.0. The molecule has 1 aliphatic carbocycles. The molecule has 1 saturated carbocycles. The average molecular weight is 368 g/mol. The van der Waals surface area contributed by atoms with Crippen molar-refractivity contribution in [1.82, 2.24) is 0 Å². The normalized spacial score (nSPS) is 45.3. The van der Waals surface area contributed by atoms with Crippen LogP contribution in [0.1, 0.15) is 40.5 Å². The van der Waals surface area contributed by atoms with Crippen LogP contribution in [0.15, 0.2) is 12.2 Å². The van der Waals surface area contributed by atoms with Crippen molar-refractivity contribution in [2.75, 3.05) is 6.61 Å². The summed E-state index contributed by atoms with van der Waals surface area (Å²) < 4.78 is 22.5. The lowest BCUT2D eigenvalue weighted by Gasteiger charge is -2.52. The third-order valence-electron chi connectivity index (χ3n) is 6.11. The number of aliphatic hydroxyl groups is 1. The van der Waals surface area contributed by atoms with E-state index < -0.39 is 30.1 Å². The van der Waals surface area contributed by atoms with Crippen LogP contribution in [-0.2, 0) is 28.5 Å². The number of carbonyl (C=O) groups is 2. The second kappa shape index (κ2) is 6.94. The summed E-state index contributed by atoms with van der Waals surface area (Å²) in [4.78, 5) is 23.6. The second-order valence-electron chi connectivity index (χ2n) is 7.91. The number of esters is 2. The van der Waals surface area contributed by atoms with Gasteiger partial charge in [0, 0.05) is 36.4 Å². The summed E-state index contributed by atoms with van der Waals surface area (Å²) in [5, 5.41) is 10.5. The fraction of sp³-hybridized carbons (Fsp3) is 0.789. The second-order valence-corrected chi connectivity index (χ2v) is 7.91. The Kier molecular flexibility index (Phi) is 5.16. The minimum atomic E-state index is -1.26. The molecule has 0 radical (unpaired) electrons. The standard InChI is InChI=1S/C19H28O7/c1-6-23-18-19(5)8-12-10(3)16(21)25-13(12)7-9(2)14(19)15(17(22)26-18)24-11(4)20/h9,12-15,17-18,22H,3,6-8H2,1-2,4-5H3/t9-,12+,13-,14-,15-,17-,18-,19+/m1/s1. The Labute approximate surface area is 153 Å². The van der Waals surface area contributed by atoms with E-state index in [1.54, 1.807) is 0 Å². The summed E-state index contributed by atoms with van der Waals surface area (Å²) in [7, 11) is 0. The first-order valence-electron chi connectivity index (χ1n) is 9.21. The Bertz CT molecular complexity index is 603. The maximum Gasteiger partial charge on any atom is 0.334 e. The number of aliphatic hydroxyl groups excluding tert-OH is 1. The summed E-state index contributed by atoms with van der Waals surface area (Å²) in [6, 6.07) is 0. The maximum atomic E-state index is 12.0. The first-order valence-corrected chi connectivity index (χ1v) is 9.21. The summed E-state index contributed by atoms with van der Waals surface area (Å²) in [6.45, 7) is 11.5. The van der Waals surface area contributed by atoms with Gasteiger partial charge >= 0.3 is 11.9 Å². The molecule has 1 N–H and O–H groups in total. The van der Waals surface area contributed by atoms with Crippen molar-refractivity contribution in [1.29, 1.82) is 0 Å². The zero-order valence-corrected chi connectivity index (χ0v) is 15.8. The fourth-order valence-electron chi connectivity index (χ4n) is 5.10. The third-order valence-corrected chi connectivity index (χ3v) is 6.11. The Balaban J connectivity index is 2.02. The van der Waals surface area contributed by atoms with Crippen molar-refractivity contribution in [2.24, 2.45) is 23.2 Å². The molecule has 26 heavy (non-hydrogen) atoms. The first kappa shape index (κ1) is 19.3. The molecule has 0 aromatic carbocycles. The van der Waals surface area contributed by atoms with Crippen molar-refractivity contribution >= 4 is 11.9 Å². The summed E-state index contributed by atoms with van der Waals surface area (Å²) in [5.41, 5.74) is -0.111. The number of fused-ring (bicyclic) bond motifs is 2. The largest absolute Gasteiger partial charge is 0.458 e. The van der Waals surface area contributed by atoms with Crippen LogP contribution in [0.2, 0.25) is 0 Å². The van der Waals surface area contributed by atoms with Crippen LogP contribution in [0.4, 0.5) is 0 Å². The molecule has 0 bridgehead atoms. The molecular formula is C19H28O7. The molecular weight excluding hydrogens is 340 g/mol. The number of carbonyl (C=O) groups excluding carboxylic acids is 2. The molecule has 146 valence electrons. The number of hydrogen-bond acceptors (Lipinski definition) is 7. The molecule has 8 atom stereocenters. The molecule has 3 aliphatic rings. The summed E-state index contributed by atoms with van der Waals surface area (Å²) >= 11 is 0. The number of hydrogen-bond donors (Lipinski definition) is 1. The summed E-state index contributed by atoms with van der Waals surface area (Å²) in [6.07, 6.45) is -1.84. The van der Waals surface area contributed by atoms with Crippen LogP contribution in [0, 0.1) is 23.2 Å². The van der Waals surface area contributed by atoms with Gasteiger partial charge in [0.05, 0.1) is 0 Å². The monoisotopic (exact) mass is 368 g/mol. The van der Waals surface area contributed by atoms with E-state index in [0.717, 1.165) is 0 Å². The summed E-state index contributed by atoms with van der Waals surface area (Å²) in [5.74, 6) is -1.15. The lowest BCUT2D eigenvalue weighted by molar-refractivity contribution is -0.351. The molecule has 7 nitrogen and oxygen atoms in total. The van der Waals surface area contributed by atoms with Crippen LogP contribution < -0.4 is 0 Å². The van der Waals surface area contributed by atoms with Gasteiger partial charge in [-0.05, 0) is 25.7 Å². The highest BCUT2D eigenvalue weighted by atomic mass is 16.7. The van der Waals surface area contributed by atoms with Gasteiger partial charge in [-0.2, -0.15) is 0 Å². The van der Waals surface area contributed by atoms with Gasteiger partial charge in [0.25, 0.3) is 0 Å². The van der Waals surface area contributed by atoms with E-state index in [4.69, 9.17) is 18.9 Å². The van der Waals surface area contributed by atoms with Gasteiger partial charge in [-0.15, -0.1) is 0 Å². The van der Waals surface area contributed by atoms with Crippen molar-refractivity contribution in [3.63, 3.8) is 0 Å². The number of ether oxygens (including phenoxy) is 4. The molecule has 3 rings (SSSR count). The Morgan fingerprint density at radius 2 is 2.15 bits per heavy atom. The predicted octanol–water partition coefficient (Wildman–Crippen LogP) is 1.78.